The molecule has 0 heteroatoms. The van der Waals surface area contributed by atoms with Crippen LogP contribution in [0.5, 0.6) is 0 Å². The Morgan fingerprint density at radius 1 is 0.545 bits per heavy atom. The lowest BCUT2D eigenvalue weighted by molar-refractivity contribution is 0.245. The normalized spacial score (nSPS) is 28.8. The second-order valence-corrected chi connectivity index (χ2v) is 8.44. The van der Waals surface area contributed by atoms with Crippen LogP contribution >= 0.6 is 0 Å². The van der Waals surface area contributed by atoms with Gasteiger partial charge in [-0.1, -0.05) is 122 Å². The lowest BCUT2D eigenvalue weighted by Gasteiger charge is -2.27. The Kier molecular flexibility index (Phi) is 9.61. The van der Waals surface area contributed by atoms with Crippen LogP contribution in [0.25, 0.3) is 0 Å². The zero-order chi connectivity index (χ0) is 15.5. The first kappa shape index (κ1) is 18.3. The molecule has 0 spiro atoms. The molecule has 0 aromatic carbocycles. The van der Waals surface area contributed by atoms with Gasteiger partial charge in [0, 0.05) is 0 Å². The van der Waals surface area contributed by atoms with Crippen LogP contribution in [0.3, 0.4) is 0 Å². The molecule has 22 heavy (non-hydrogen) atoms. The van der Waals surface area contributed by atoms with E-state index in [-0.39, 0.29) is 0 Å². The number of hydrogen-bond donors (Lipinski definition) is 0. The van der Waals surface area contributed by atoms with Crippen molar-refractivity contribution in [3.63, 3.8) is 0 Å². The maximum absolute atomic E-state index is 2.40. The van der Waals surface area contributed by atoms with Crippen molar-refractivity contribution in [2.24, 2.45) is 17.8 Å². The smallest absolute Gasteiger partial charge is 0.0386 e. The first-order valence-corrected chi connectivity index (χ1v) is 10.9. The molecule has 0 amide bonds. The lowest BCUT2D eigenvalue weighted by atomic mass is 9.79. The highest BCUT2D eigenvalue weighted by atomic mass is 14.3. The Hall–Kier alpha value is 0. The average Bonchev–Trinajstić information content (AvgIpc) is 2.66. The maximum Gasteiger partial charge on any atom is -0.0386 e. The third-order valence-electron chi connectivity index (χ3n) is 6.64. The van der Waals surface area contributed by atoms with Crippen LogP contribution in [0.2, 0.25) is 0 Å². The number of hydrogen-bond acceptors (Lipinski definition) is 0. The molecule has 0 aromatic rings. The molecule has 0 bridgehead atoms. The van der Waals surface area contributed by atoms with Crippen LogP contribution in [0.4, 0.5) is 0 Å². The van der Waals surface area contributed by atoms with E-state index in [0.717, 1.165) is 17.8 Å². The highest BCUT2D eigenvalue weighted by molar-refractivity contribution is 4.73. The summed E-state index contributed by atoms with van der Waals surface area (Å²) >= 11 is 0. The predicted molar refractivity (Wildman–Crippen MR) is 99.3 cm³/mol. The second kappa shape index (κ2) is 11.5. The van der Waals surface area contributed by atoms with Gasteiger partial charge < -0.3 is 0 Å². The topological polar surface area (TPSA) is 0 Å². The van der Waals surface area contributed by atoms with Gasteiger partial charge in [-0.25, -0.2) is 0 Å². The van der Waals surface area contributed by atoms with Crippen LogP contribution in [0, 0.1) is 17.8 Å². The molecule has 0 N–H and O–H groups in total. The van der Waals surface area contributed by atoms with Crippen molar-refractivity contribution in [2.75, 3.05) is 0 Å². The second-order valence-electron chi connectivity index (χ2n) is 8.44. The van der Waals surface area contributed by atoms with Crippen LogP contribution in [0.1, 0.15) is 122 Å². The van der Waals surface area contributed by atoms with Gasteiger partial charge in [-0.3, -0.25) is 0 Å². The van der Waals surface area contributed by atoms with E-state index in [0.29, 0.717) is 0 Å². The third kappa shape index (κ3) is 7.05. The van der Waals surface area contributed by atoms with Gasteiger partial charge in [-0.15, -0.1) is 0 Å². The molecule has 0 saturated heterocycles. The molecule has 0 radical (unpaired) electrons. The van der Waals surface area contributed by atoms with Gasteiger partial charge >= 0.3 is 0 Å². The van der Waals surface area contributed by atoms with Crippen molar-refractivity contribution >= 4 is 0 Å². The van der Waals surface area contributed by atoms with Gasteiger partial charge in [-0.05, 0) is 17.8 Å². The summed E-state index contributed by atoms with van der Waals surface area (Å²) in [5.74, 6) is 3.24. The molecule has 2 atom stereocenters. The standard InChI is InChI=1S/C22H42/c1-2-13-21-17-9-4-3-5-10-18-22(21)19-12-11-16-20-14-7-6-8-15-20/h20-22H,2-19H2,1H3. The highest BCUT2D eigenvalue weighted by Gasteiger charge is 2.21. The minimum absolute atomic E-state index is 1.07. The van der Waals surface area contributed by atoms with Gasteiger partial charge in [0.15, 0.2) is 0 Å². The summed E-state index contributed by atoms with van der Waals surface area (Å²) in [6, 6.07) is 0. The molecule has 2 saturated carbocycles. The van der Waals surface area contributed by atoms with E-state index in [4.69, 9.17) is 0 Å². The molecule has 0 nitrogen and oxygen atoms in total. The van der Waals surface area contributed by atoms with Crippen LogP contribution < -0.4 is 0 Å². The summed E-state index contributed by atoms with van der Waals surface area (Å²) in [5, 5.41) is 0. The van der Waals surface area contributed by atoms with Gasteiger partial charge in [0.25, 0.3) is 0 Å². The van der Waals surface area contributed by atoms with E-state index in [1.54, 1.807) is 38.5 Å². The summed E-state index contributed by atoms with van der Waals surface area (Å²) < 4.78 is 0. The average molecular weight is 307 g/mol. The van der Waals surface area contributed by atoms with E-state index < -0.39 is 0 Å². The molecule has 0 heterocycles. The molecule has 0 aromatic heterocycles. The first-order chi connectivity index (χ1) is 10.9. The fourth-order valence-electron chi connectivity index (χ4n) is 5.26. The minimum atomic E-state index is 1.07. The van der Waals surface area contributed by atoms with E-state index >= 15 is 0 Å². The zero-order valence-corrected chi connectivity index (χ0v) is 15.5. The van der Waals surface area contributed by atoms with Crippen molar-refractivity contribution in [2.45, 2.75) is 122 Å². The Balaban J connectivity index is 1.68. The molecule has 2 fully saturated rings. The van der Waals surface area contributed by atoms with Gasteiger partial charge in [0.2, 0.25) is 0 Å². The minimum Gasteiger partial charge on any atom is -0.0654 e. The molecular formula is C22H42. The van der Waals surface area contributed by atoms with Crippen LogP contribution in [-0.4, -0.2) is 0 Å². The van der Waals surface area contributed by atoms with Crippen molar-refractivity contribution in [3.05, 3.63) is 0 Å². The first-order valence-electron chi connectivity index (χ1n) is 10.9. The zero-order valence-electron chi connectivity index (χ0n) is 15.5. The van der Waals surface area contributed by atoms with Crippen molar-refractivity contribution in [1.82, 2.24) is 0 Å². The molecule has 2 aliphatic rings. The van der Waals surface area contributed by atoms with Gasteiger partial charge in [0.1, 0.15) is 0 Å². The van der Waals surface area contributed by atoms with Gasteiger partial charge in [0.05, 0.1) is 0 Å². The Morgan fingerprint density at radius 2 is 1.05 bits per heavy atom. The van der Waals surface area contributed by atoms with Crippen LogP contribution in [-0.2, 0) is 0 Å². The lowest BCUT2D eigenvalue weighted by Crippen LogP contribution is -2.15. The summed E-state index contributed by atoms with van der Waals surface area (Å²) in [5.41, 5.74) is 0. The molecule has 2 unspecified atom stereocenters. The monoisotopic (exact) mass is 306 g/mol. The molecule has 2 aliphatic carbocycles. The van der Waals surface area contributed by atoms with E-state index in [9.17, 15) is 0 Å². The summed E-state index contributed by atoms with van der Waals surface area (Å²) in [7, 11) is 0. The van der Waals surface area contributed by atoms with E-state index in [1.165, 1.54) is 77.0 Å². The SMILES string of the molecule is CCCC1CCCCCCCC1CCCCC1CCCCC1. The maximum atomic E-state index is 2.40. The largest absolute Gasteiger partial charge is 0.0654 e. The molecule has 0 aliphatic heterocycles. The summed E-state index contributed by atoms with van der Waals surface area (Å²) in [6.07, 6.45) is 27.4. The molecule has 130 valence electrons. The fourth-order valence-corrected chi connectivity index (χ4v) is 5.26. The van der Waals surface area contributed by atoms with Crippen molar-refractivity contribution in [1.29, 1.82) is 0 Å². The van der Waals surface area contributed by atoms with Gasteiger partial charge in [-0.2, -0.15) is 0 Å². The predicted octanol–water partition coefficient (Wildman–Crippen LogP) is 7.90. The Labute approximate surface area is 140 Å². The highest BCUT2D eigenvalue weighted by Crippen LogP contribution is 2.35. The number of unbranched alkanes of at least 4 members (excludes halogenated alkanes) is 1. The summed E-state index contributed by atoms with van der Waals surface area (Å²) in [6.45, 7) is 2.40. The Bertz CT molecular complexity index is 251. The van der Waals surface area contributed by atoms with E-state index in [1.807, 2.05) is 0 Å². The summed E-state index contributed by atoms with van der Waals surface area (Å²) in [4.78, 5) is 0. The fraction of sp³-hybridized carbons (Fsp3) is 1.00. The Morgan fingerprint density at radius 3 is 1.73 bits per heavy atom. The molecular weight excluding hydrogens is 264 g/mol. The molecule has 2 rings (SSSR count). The van der Waals surface area contributed by atoms with Crippen molar-refractivity contribution < 1.29 is 0 Å². The number of rotatable bonds is 7. The third-order valence-corrected chi connectivity index (χ3v) is 6.64. The van der Waals surface area contributed by atoms with E-state index in [2.05, 4.69) is 6.92 Å². The van der Waals surface area contributed by atoms with Crippen molar-refractivity contribution in [3.8, 4) is 0 Å². The quantitative estimate of drug-likeness (QED) is 0.419. The van der Waals surface area contributed by atoms with Crippen LogP contribution in [0.15, 0.2) is 0 Å².